The second-order valence-corrected chi connectivity index (χ2v) is 19.2. The van der Waals surface area contributed by atoms with Crippen molar-refractivity contribution < 1.29 is 9.53 Å². The van der Waals surface area contributed by atoms with Crippen molar-refractivity contribution in [2.75, 3.05) is 0 Å². The normalized spacial score (nSPS) is 40.8. The third kappa shape index (κ3) is 3.83. The maximum atomic E-state index is 15.0. The second kappa shape index (κ2) is 9.87. The van der Waals surface area contributed by atoms with Gasteiger partial charge in [-0.1, -0.05) is 58.9 Å². The Hall–Kier alpha value is -2.43. The van der Waals surface area contributed by atoms with E-state index in [4.69, 9.17) is 10.5 Å². The number of nitrogens with two attached hydrogens (primary N) is 1. The minimum atomic E-state index is -0.364. The van der Waals surface area contributed by atoms with Crippen molar-refractivity contribution >= 4 is 22.3 Å². The lowest BCUT2D eigenvalue weighted by Gasteiger charge is -2.65. The summed E-state index contributed by atoms with van der Waals surface area (Å²) in [6, 6.07) is 2.38. The van der Waals surface area contributed by atoms with Crippen LogP contribution in [-0.2, 0) is 16.6 Å². The predicted molar refractivity (Wildman–Crippen MR) is 199 cm³/mol. The zero-order valence-electron chi connectivity index (χ0n) is 31.6. The first-order valence-electron chi connectivity index (χ1n) is 19.1. The summed E-state index contributed by atoms with van der Waals surface area (Å²) < 4.78 is 9.27. The van der Waals surface area contributed by atoms with E-state index in [1.54, 1.807) is 0 Å². The highest BCUT2D eigenvalue weighted by atomic mass is 16.5. The summed E-state index contributed by atoms with van der Waals surface area (Å²) in [4.78, 5) is 15.0. The molecule has 4 heteroatoms. The highest BCUT2D eigenvalue weighted by Gasteiger charge is 2.67. The quantitative estimate of drug-likeness (QED) is 0.336. The molecule has 1 aromatic carbocycles. The standard InChI is InChI=1S/C44H60N2O2/c1-23(2)36-38(47)34-33-26(5)35-31(22-40(6,7)48-41(35,8)9)28(33)21-29-30-20-27-15-16-32-42(10,18-13-14-25(4)45)24(3)17-19-43(32,11)44(27,12)39(30)46(36)37(29)34/h13,18,21-22,24-27,32,35-36H,1,14-17,19-20,45H2,2-12H3/b18-13+/t24-,25?,26+,27?,32-,35?,36-,42+,43-,44+/m0/s1. The SMILES string of the molecule is C=C(C)[C@H]1C(=O)c2c3c(cc4c5c(n1c24)[C@@]1(C)C(CC[C@H]2[C@](C)(/C=C/CC(C)N)[C@@H](C)CC[C@@]21C)C5)C1=CC(C)(C)OC(C)(C)C1[C@@H]3C. The van der Waals surface area contributed by atoms with E-state index in [9.17, 15) is 4.79 Å². The van der Waals surface area contributed by atoms with Gasteiger partial charge in [0.05, 0.1) is 16.7 Å². The minimum Gasteiger partial charge on any atom is -0.365 e. The number of Topliss-reactive ketones (excluding diaryl/α,β-unsaturated/α-hetero) is 1. The van der Waals surface area contributed by atoms with Gasteiger partial charge in [-0.3, -0.25) is 4.79 Å². The van der Waals surface area contributed by atoms with Crippen LogP contribution in [0.2, 0.25) is 0 Å². The monoisotopic (exact) mass is 648 g/mol. The average Bonchev–Trinajstić information content (AvgIpc) is 3.63. The number of fused-ring (bicyclic) bond motifs is 11. The van der Waals surface area contributed by atoms with Crippen LogP contribution in [0.4, 0.5) is 0 Å². The molecule has 0 spiro atoms. The lowest BCUT2D eigenvalue weighted by molar-refractivity contribution is -0.127. The van der Waals surface area contributed by atoms with Crippen molar-refractivity contribution in [3.8, 4) is 0 Å². The molecule has 258 valence electrons. The Balaban J connectivity index is 1.38. The van der Waals surface area contributed by atoms with E-state index in [1.807, 2.05) is 0 Å². The first-order chi connectivity index (χ1) is 22.3. The summed E-state index contributed by atoms with van der Waals surface area (Å²) >= 11 is 0. The van der Waals surface area contributed by atoms with Gasteiger partial charge in [0, 0.05) is 34.0 Å². The third-order valence-corrected chi connectivity index (χ3v) is 15.4. The summed E-state index contributed by atoms with van der Waals surface area (Å²) in [5.41, 5.74) is 15.8. The van der Waals surface area contributed by atoms with E-state index in [0.717, 1.165) is 24.0 Å². The predicted octanol–water partition coefficient (Wildman–Crippen LogP) is 10.2. The molecule has 2 fully saturated rings. The Labute approximate surface area is 289 Å². The lowest BCUT2D eigenvalue weighted by atomic mass is 9.39. The molecule has 0 saturated heterocycles. The van der Waals surface area contributed by atoms with Gasteiger partial charge in [0.15, 0.2) is 5.78 Å². The molecule has 4 aliphatic carbocycles. The van der Waals surface area contributed by atoms with Crippen LogP contribution in [0.3, 0.4) is 0 Å². The number of carbonyl (C=O) groups excluding carboxylic acids is 1. The molecule has 48 heavy (non-hydrogen) atoms. The molecule has 2 aromatic rings. The molecule has 2 aliphatic heterocycles. The Kier molecular flexibility index (Phi) is 6.74. The van der Waals surface area contributed by atoms with Crippen LogP contribution >= 0.6 is 0 Å². The van der Waals surface area contributed by atoms with Gasteiger partial charge < -0.3 is 15.0 Å². The van der Waals surface area contributed by atoms with Gasteiger partial charge in [-0.2, -0.15) is 0 Å². The maximum Gasteiger partial charge on any atom is 0.192 e. The second-order valence-electron chi connectivity index (χ2n) is 19.2. The molecular formula is C44H60N2O2. The fourth-order valence-corrected chi connectivity index (χ4v) is 13.4. The van der Waals surface area contributed by atoms with Crippen LogP contribution in [0.15, 0.2) is 36.4 Å². The molecule has 2 N–H and O–H groups in total. The number of allylic oxidation sites excluding steroid dienone is 2. The fraction of sp³-hybridized carbons (Fsp3) is 0.659. The smallest absolute Gasteiger partial charge is 0.192 e. The summed E-state index contributed by atoms with van der Waals surface area (Å²) in [5, 5.41) is 1.34. The number of hydrogen-bond donors (Lipinski definition) is 1. The van der Waals surface area contributed by atoms with Crippen LogP contribution in [0.5, 0.6) is 0 Å². The van der Waals surface area contributed by atoms with E-state index in [-0.39, 0.29) is 57.1 Å². The number of hydrogen-bond acceptors (Lipinski definition) is 3. The maximum absolute atomic E-state index is 15.0. The number of nitrogens with zero attached hydrogens (tertiary/aromatic N) is 1. The number of rotatable bonds is 4. The molecule has 0 radical (unpaired) electrons. The Morgan fingerprint density at radius 2 is 1.83 bits per heavy atom. The van der Waals surface area contributed by atoms with E-state index >= 15 is 0 Å². The zero-order chi connectivity index (χ0) is 34.7. The van der Waals surface area contributed by atoms with E-state index in [1.165, 1.54) is 64.5 Å². The number of aromatic nitrogens is 1. The molecule has 3 heterocycles. The van der Waals surface area contributed by atoms with E-state index in [2.05, 4.69) is 112 Å². The van der Waals surface area contributed by atoms with Crippen molar-refractivity contribution in [3.63, 3.8) is 0 Å². The van der Waals surface area contributed by atoms with E-state index < -0.39 is 0 Å². The Morgan fingerprint density at radius 1 is 1.12 bits per heavy atom. The molecule has 10 atom stereocenters. The highest BCUT2D eigenvalue weighted by molar-refractivity contribution is 6.18. The molecule has 4 nitrogen and oxygen atoms in total. The number of ether oxygens (including phenoxy) is 1. The first kappa shape index (κ1) is 32.8. The van der Waals surface area contributed by atoms with Crippen molar-refractivity contribution in [1.29, 1.82) is 0 Å². The van der Waals surface area contributed by atoms with Gasteiger partial charge in [0.25, 0.3) is 0 Å². The summed E-state index contributed by atoms with van der Waals surface area (Å²) in [5.74, 6) is 2.45. The summed E-state index contributed by atoms with van der Waals surface area (Å²) in [7, 11) is 0. The highest BCUT2D eigenvalue weighted by Crippen LogP contribution is 2.72. The minimum absolute atomic E-state index is 0.0310. The number of ketones is 1. The van der Waals surface area contributed by atoms with Crippen LogP contribution in [-0.4, -0.2) is 27.6 Å². The van der Waals surface area contributed by atoms with Crippen molar-refractivity contribution in [3.05, 3.63) is 64.4 Å². The molecule has 0 amide bonds. The molecular weight excluding hydrogens is 588 g/mol. The Morgan fingerprint density at radius 3 is 2.50 bits per heavy atom. The van der Waals surface area contributed by atoms with Crippen molar-refractivity contribution in [2.45, 2.75) is 149 Å². The van der Waals surface area contributed by atoms with Gasteiger partial charge in [-0.25, -0.2) is 0 Å². The van der Waals surface area contributed by atoms with Gasteiger partial charge in [-0.05, 0) is 149 Å². The van der Waals surface area contributed by atoms with Crippen molar-refractivity contribution in [1.82, 2.24) is 4.57 Å². The number of carbonyl (C=O) groups is 1. The molecule has 8 rings (SSSR count). The van der Waals surface area contributed by atoms with Crippen LogP contribution in [0.1, 0.15) is 153 Å². The van der Waals surface area contributed by atoms with Gasteiger partial charge in [0.1, 0.15) is 6.04 Å². The largest absolute Gasteiger partial charge is 0.365 e. The molecule has 2 saturated carbocycles. The Bertz CT molecular complexity index is 1850. The molecule has 0 bridgehead atoms. The van der Waals surface area contributed by atoms with Gasteiger partial charge in [-0.15, -0.1) is 0 Å². The summed E-state index contributed by atoms with van der Waals surface area (Å²) in [6.45, 7) is 30.2. The van der Waals surface area contributed by atoms with Crippen molar-refractivity contribution in [2.24, 2.45) is 40.2 Å². The lowest BCUT2D eigenvalue weighted by Crippen LogP contribution is -2.60. The molecule has 1 aromatic heterocycles. The van der Waals surface area contributed by atoms with E-state index in [0.29, 0.717) is 17.8 Å². The van der Waals surface area contributed by atoms with Crippen LogP contribution in [0.25, 0.3) is 16.5 Å². The average molecular weight is 649 g/mol. The van der Waals surface area contributed by atoms with Gasteiger partial charge in [0.2, 0.25) is 0 Å². The first-order valence-corrected chi connectivity index (χ1v) is 19.1. The topological polar surface area (TPSA) is 57.2 Å². The van der Waals surface area contributed by atoms with Crippen LogP contribution < -0.4 is 5.73 Å². The fourth-order valence-electron chi connectivity index (χ4n) is 13.4. The molecule has 3 unspecified atom stereocenters. The van der Waals surface area contributed by atoms with Crippen LogP contribution in [0, 0.1) is 34.5 Å². The molecule has 6 aliphatic rings. The zero-order valence-corrected chi connectivity index (χ0v) is 31.6. The number of benzene rings is 1. The third-order valence-electron chi connectivity index (χ3n) is 15.4. The summed E-state index contributed by atoms with van der Waals surface area (Å²) in [6.07, 6.45) is 14.3. The van der Waals surface area contributed by atoms with Gasteiger partial charge >= 0.3 is 0 Å².